The van der Waals surface area contributed by atoms with Gasteiger partial charge in [0.2, 0.25) is 0 Å². The highest BCUT2D eigenvalue weighted by molar-refractivity contribution is 6.74. The third-order valence-corrected chi connectivity index (χ3v) is 23.4. The predicted molar refractivity (Wildman–Crippen MR) is 263 cm³/mol. The van der Waals surface area contributed by atoms with Crippen molar-refractivity contribution in [2.24, 2.45) is 23.7 Å². The second-order valence-electron chi connectivity index (χ2n) is 21.2. The third kappa shape index (κ3) is 14.8. The van der Waals surface area contributed by atoms with Crippen LogP contribution >= 0.6 is 0 Å². The molecule has 10 nitrogen and oxygen atoms in total. The Balaban J connectivity index is 0.000000241. The fraction of sp³-hybridized carbons (Fsp3) is 0.538. The van der Waals surface area contributed by atoms with Crippen LogP contribution in [0.2, 0.25) is 36.3 Å². The molecule has 0 unspecified atom stereocenters. The lowest BCUT2D eigenvalue weighted by atomic mass is 9.95. The first-order chi connectivity index (χ1) is 30.1. The molecule has 64 heavy (non-hydrogen) atoms. The highest BCUT2D eigenvalue weighted by Crippen LogP contribution is 2.44. The standard InChI is InChI=1S/2C26H37NO4Si/c2*1-26(2,3)32(4,5)31-25(19-30-24-9-7-6-8-10-24)22-14-11-21(18-22)17-20-12-15-23(16-13-20)27(28)29/h2*6-10,12-13,15-16,21-22,25H,11,14,17-19H2,1-5H3/t21-,22+,25-;21-,22-,25+/m10/s1. The predicted octanol–water partition coefficient (Wildman–Crippen LogP) is 14.0. The molecule has 2 aliphatic rings. The Hall–Kier alpha value is -4.37. The Kier molecular flexibility index (Phi) is 17.6. The van der Waals surface area contributed by atoms with E-state index in [0.717, 1.165) is 62.9 Å². The summed E-state index contributed by atoms with van der Waals surface area (Å²) >= 11 is 0. The van der Waals surface area contributed by atoms with Crippen LogP contribution in [-0.2, 0) is 21.7 Å². The number of hydrogen-bond donors (Lipinski definition) is 0. The van der Waals surface area contributed by atoms with Gasteiger partial charge in [-0.2, -0.15) is 0 Å². The molecule has 0 aromatic heterocycles. The number of hydrogen-bond acceptors (Lipinski definition) is 8. The number of nitro benzene ring substituents is 2. The fourth-order valence-corrected chi connectivity index (χ4v) is 11.2. The van der Waals surface area contributed by atoms with E-state index in [1.54, 1.807) is 24.3 Å². The summed E-state index contributed by atoms with van der Waals surface area (Å²) in [6.45, 7) is 24.1. The highest BCUT2D eigenvalue weighted by atomic mass is 28.4. The van der Waals surface area contributed by atoms with Crippen LogP contribution < -0.4 is 9.47 Å². The van der Waals surface area contributed by atoms with Crippen molar-refractivity contribution in [1.82, 2.24) is 0 Å². The van der Waals surface area contributed by atoms with E-state index in [2.05, 4.69) is 67.7 Å². The molecular formula is C52H74N2O8Si2. The van der Waals surface area contributed by atoms with Crippen molar-refractivity contribution in [2.45, 2.75) is 141 Å². The first kappa shape index (κ1) is 50.6. The lowest BCUT2D eigenvalue weighted by Crippen LogP contribution is -2.47. The molecular weight excluding hydrogens is 837 g/mol. The van der Waals surface area contributed by atoms with Crippen LogP contribution in [0, 0.1) is 43.9 Å². The molecule has 6 atom stereocenters. The molecule has 0 aliphatic heterocycles. The molecule has 348 valence electrons. The molecule has 4 aromatic carbocycles. The van der Waals surface area contributed by atoms with Crippen LogP contribution in [0.25, 0.3) is 0 Å². The van der Waals surface area contributed by atoms with E-state index in [1.165, 1.54) is 11.1 Å². The summed E-state index contributed by atoms with van der Waals surface area (Å²) in [4.78, 5) is 21.1. The second-order valence-corrected chi connectivity index (χ2v) is 30.7. The first-order valence-electron chi connectivity index (χ1n) is 23.3. The zero-order valence-electron chi connectivity index (χ0n) is 40.1. The smallest absolute Gasteiger partial charge is 0.269 e. The van der Waals surface area contributed by atoms with Crippen LogP contribution in [0.15, 0.2) is 109 Å². The first-order valence-corrected chi connectivity index (χ1v) is 29.1. The van der Waals surface area contributed by atoms with Gasteiger partial charge in [0.15, 0.2) is 16.6 Å². The zero-order valence-corrected chi connectivity index (χ0v) is 42.1. The van der Waals surface area contributed by atoms with Crippen LogP contribution in [0.4, 0.5) is 11.4 Å². The van der Waals surface area contributed by atoms with Gasteiger partial charge in [-0.3, -0.25) is 20.2 Å². The number of para-hydroxylation sites is 2. The molecule has 0 radical (unpaired) electrons. The molecule has 2 aliphatic carbocycles. The largest absolute Gasteiger partial charge is 0.491 e. The molecule has 0 spiro atoms. The van der Waals surface area contributed by atoms with Gasteiger partial charge in [-0.05, 0) is 147 Å². The van der Waals surface area contributed by atoms with Gasteiger partial charge >= 0.3 is 0 Å². The maximum atomic E-state index is 10.9. The number of nitro groups is 2. The van der Waals surface area contributed by atoms with E-state index in [4.69, 9.17) is 18.3 Å². The van der Waals surface area contributed by atoms with Gasteiger partial charge in [-0.15, -0.1) is 0 Å². The van der Waals surface area contributed by atoms with Crippen molar-refractivity contribution in [3.05, 3.63) is 141 Å². The molecule has 0 amide bonds. The molecule has 2 fully saturated rings. The lowest BCUT2D eigenvalue weighted by molar-refractivity contribution is -0.385. The van der Waals surface area contributed by atoms with E-state index >= 15 is 0 Å². The molecule has 0 bridgehead atoms. The van der Waals surface area contributed by atoms with Crippen LogP contribution in [0.5, 0.6) is 11.5 Å². The van der Waals surface area contributed by atoms with Gasteiger partial charge in [0.1, 0.15) is 24.7 Å². The number of nitrogens with zero attached hydrogens (tertiary/aromatic N) is 2. The number of ether oxygens (including phenoxy) is 2. The second kappa shape index (κ2) is 22.2. The Morgan fingerprint density at radius 1 is 0.531 bits per heavy atom. The Bertz CT molecular complexity index is 1900. The van der Waals surface area contributed by atoms with Gasteiger partial charge in [-0.25, -0.2) is 0 Å². The number of benzene rings is 4. The molecule has 12 heteroatoms. The maximum Gasteiger partial charge on any atom is 0.269 e. The molecule has 6 rings (SSSR count). The van der Waals surface area contributed by atoms with Gasteiger partial charge in [0, 0.05) is 24.3 Å². The monoisotopic (exact) mass is 910 g/mol. The third-order valence-electron chi connectivity index (χ3n) is 14.4. The molecule has 0 heterocycles. The van der Waals surface area contributed by atoms with Crippen molar-refractivity contribution < 1.29 is 28.2 Å². The normalized spacial score (nSPS) is 20.2. The summed E-state index contributed by atoms with van der Waals surface area (Å²) < 4.78 is 26.1. The molecule has 2 saturated carbocycles. The fourth-order valence-electron chi connectivity index (χ4n) is 8.48. The van der Waals surface area contributed by atoms with E-state index < -0.39 is 16.6 Å². The quantitative estimate of drug-likeness (QED) is 0.0549. The Morgan fingerprint density at radius 3 is 1.16 bits per heavy atom. The maximum absolute atomic E-state index is 10.9. The topological polar surface area (TPSA) is 123 Å². The van der Waals surface area contributed by atoms with Crippen LogP contribution in [0.3, 0.4) is 0 Å². The number of rotatable bonds is 18. The highest BCUT2D eigenvalue weighted by Gasteiger charge is 2.44. The van der Waals surface area contributed by atoms with Crippen molar-refractivity contribution in [1.29, 1.82) is 0 Å². The summed E-state index contributed by atoms with van der Waals surface area (Å²) in [6, 6.07) is 34.0. The Labute approximate surface area is 385 Å². The average molecular weight is 911 g/mol. The van der Waals surface area contributed by atoms with Crippen molar-refractivity contribution in [3.8, 4) is 11.5 Å². The molecule has 0 saturated heterocycles. The van der Waals surface area contributed by atoms with Gasteiger partial charge < -0.3 is 18.3 Å². The van der Waals surface area contributed by atoms with E-state index in [1.807, 2.05) is 84.9 Å². The van der Waals surface area contributed by atoms with E-state index in [-0.39, 0.29) is 43.5 Å². The molecule has 0 N–H and O–H groups in total. The lowest BCUT2D eigenvalue weighted by Gasteiger charge is -2.41. The van der Waals surface area contributed by atoms with Gasteiger partial charge in [0.05, 0.1) is 22.1 Å². The summed E-state index contributed by atoms with van der Waals surface area (Å²) in [5.41, 5.74) is 2.64. The SMILES string of the molecule is CC(C)(C)[Si](C)(C)O[C@H](COc1ccccc1)[C@H]1CC[C@@H](Cc2ccc([N+](=O)[O-])cc2)C1.CC(C)(C)[Si](C)(C)O[C@H](COc1ccccc1)[C@H]1CC[C@H](Cc2ccc([N+](=O)[O-])cc2)C1. The van der Waals surface area contributed by atoms with Gasteiger partial charge in [0.25, 0.3) is 11.4 Å². The van der Waals surface area contributed by atoms with Crippen molar-refractivity contribution >= 4 is 28.0 Å². The van der Waals surface area contributed by atoms with Crippen molar-refractivity contribution in [2.75, 3.05) is 13.2 Å². The Morgan fingerprint density at radius 2 is 0.859 bits per heavy atom. The minimum atomic E-state index is -1.93. The van der Waals surface area contributed by atoms with Crippen LogP contribution in [-0.4, -0.2) is 51.9 Å². The average Bonchev–Trinajstić information content (AvgIpc) is 3.91. The van der Waals surface area contributed by atoms with Crippen LogP contribution in [0.1, 0.15) is 91.2 Å². The van der Waals surface area contributed by atoms with E-state index in [9.17, 15) is 20.2 Å². The zero-order chi connectivity index (χ0) is 46.7. The minimum Gasteiger partial charge on any atom is -0.491 e. The summed E-state index contributed by atoms with van der Waals surface area (Å²) in [7, 11) is -3.86. The van der Waals surface area contributed by atoms with Gasteiger partial charge in [-0.1, -0.05) is 102 Å². The molecule has 4 aromatic rings. The van der Waals surface area contributed by atoms with Crippen molar-refractivity contribution in [3.63, 3.8) is 0 Å². The van der Waals surface area contributed by atoms with E-state index in [0.29, 0.717) is 36.9 Å². The summed E-state index contributed by atoms with van der Waals surface area (Å²) in [5.74, 6) is 3.85. The number of non-ortho nitro benzene ring substituents is 2. The summed E-state index contributed by atoms with van der Waals surface area (Å²) in [5, 5.41) is 22.1. The minimum absolute atomic E-state index is 0.0814. The summed E-state index contributed by atoms with van der Waals surface area (Å²) in [6.07, 6.45) is 8.87.